The van der Waals surface area contributed by atoms with Gasteiger partial charge in [0.2, 0.25) is 10.9 Å². The van der Waals surface area contributed by atoms with Crippen LogP contribution < -0.4 is 10.3 Å². The summed E-state index contributed by atoms with van der Waals surface area (Å²) in [5.41, 5.74) is 3.78. The summed E-state index contributed by atoms with van der Waals surface area (Å²) >= 11 is 0. The standard InChI is InChI=1S/C18H18N2O3S/c1-12-7-8-13(9-14(12)10-19-24(22)23)17-11-20(2)18(21)16-6-4-3-5-15(16)17/h3-9,11,24H,10H2,1-2H3,(H,19,22,23). The molecule has 3 aromatic rings. The molecule has 5 nitrogen and oxygen atoms in total. The third-order valence-corrected chi connectivity index (χ3v) is 4.57. The minimum absolute atomic E-state index is 0.0355. The van der Waals surface area contributed by atoms with Crippen LogP contribution in [0.3, 0.4) is 0 Å². The van der Waals surface area contributed by atoms with E-state index in [2.05, 4.69) is 4.72 Å². The molecule has 1 heterocycles. The van der Waals surface area contributed by atoms with Crippen LogP contribution in [-0.2, 0) is 24.5 Å². The first-order chi connectivity index (χ1) is 11.5. The molecule has 0 spiro atoms. The number of fused-ring (bicyclic) bond motifs is 1. The van der Waals surface area contributed by atoms with E-state index in [9.17, 15) is 13.2 Å². The van der Waals surface area contributed by atoms with Gasteiger partial charge in [-0.3, -0.25) is 4.79 Å². The van der Waals surface area contributed by atoms with Gasteiger partial charge in [-0.05, 0) is 41.1 Å². The fourth-order valence-electron chi connectivity index (χ4n) is 2.83. The van der Waals surface area contributed by atoms with Gasteiger partial charge in [-0.15, -0.1) is 0 Å². The van der Waals surface area contributed by atoms with Gasteiger partial charge in [0, 0.05) is 30.7 Å². The first kappa shape index (κ1) is 16.4. The first-order valence-electron chi connectivity index (χ1n) is 7.53. The smallest absolute Gasteiger partial charge is 0.258 e. The summed E-state index contributed by atoms with van der Waals surface area (Å²) in [6.45, 7) is 2.19. The summed E-state index contributed by atoms with van der Waals surface area (Å²) in [6, 6.07) is 13.4. The Bertz CT molecular complexity index is 1040. The van der Waals surface area contributed by atoms with Crippen molar-refractivity contribution in [2.75, 3.05) is 0 Å². The second-order valence-corrected chi connectivity index (χ2v) is 6.57. The van der Waals surface area contributed by atoms with Crippen molar-refractivity contribution in [2.24, 2.45) is 7.05 Å². The number of hydrogen-bond acceptors (Lipinski definition) is 3. The molecule has 0 aliphatic heterocycles. The zero-order valence-electron chi connectivity index (χ0n) is 13.4. The lowest BCUT2D eigenvalue weighted by atomic mass is 9.97. The molecule has 6 heteroatoms. The van der Waals surface area contributed by atoms with Crippen LogP contribution in [-0.4, -0.2) is 13.0 Å². The maximum Gasteiger partial charge on any atom is 0.258 e. The highest BCUT2D eigenvalue weighted by molar-refractivity contribution is 7.70. The molecule has 0 saturated heterocycles. The molecule has 1 aromatic heterocycles. The molecule has 3 rings (SSSR count). The van der Waals surface area contributed by atoms with E-state index in [1.807, 2.05) is 55.6 Å². The summed E-state index contributed by atoms with van der Waals surface area (Å²) in [6.07, 6.45) is 1.82. The Morgan fingerprint density at radius 1 is 1.08 bits per heavy atom. The second kappa shape index (κ2) is 6.59. The van der Waals surface area contributed by atoms with E-state index >= 15 is 0 Å². The van der Waals surface area contributed by atoms with E-state index in [-0.39, 0.29) is 12.1 Å². The minimum atomic E-state index is -2.63. The van der Waals surface area contributed by atoms with Crippen molar-refractivity contribution < 1.29 is 8.42 Å². The van der Waals surface area contributed by atoms with Crippen molar-refractivity contribution in [1.82, 2.24) is 9.29 Å². The maximum absolute atomic E-state index is 12.3. The molecule has 0 bridgehead atoms. The van der Waals surface area contributed by atoms with E-state index < -0.39 is 10.9 Å². The quantitative estimate of drug-likeness (QED) is 0.714. The molecule has 0 atom stereocenters. The van der Waals surface area contributed by atoms with Gasteiger partial charge in [-0.25, -0.2) is 13.1 Å². The second-order valence-electron chi connectivity index (χ2n) is 5.74. The monoisotopic (exact) mass is 342 g/mol. The van der Waals surface area contributed by atoms with Crippen LogP contribution >= 0.6 is 0 Å². The summed E-state index contributed by atoms with van der Waals surface area (Å²) in [7, 11) is -0.900. The molecule has 0 unspecified atom stereocenters. The SMILES string of the molecule is Cc1ccc(-c2cn(C)c(=O)c3ccccc23)cc1CN[SH](=O)=O. The summed E-state index contributed by atoms with van der Waals surface area (Å²) in [4.78, 5) is 12.3. The zero-order chi connectivity index (χ0) is 17.3. The Hall–Kier alpha value is -2.44. The Morgan fingerprint density at radius 2 is 1.79 bits per heavy atom. The maximum atomic E-state index is 12.3. The van der Waals surface area contributed by atoms with Gasteiger partial charge < -0.3 is 4.57 Å². The van der Waals surface area contributed by atoms with Crippen LogP contribution in [0.5, 0.6) is 0 Å². The van der Waals surface area contributed by atoms with Crippen LogP contribution in [0.4, 0.5) is 0 Å². The largest absolute Gasteiger partial charge is 0.317 e. The highest BCUT2D eigenvalue weighted by atomic mass is 32.2. The predicted molar refractivity (Wildman–Crippen MR) is 96.5 cm³/mol. The number of nitrogens with zero attached hydrogens (tertiary/aromatic N) is 1. The van der Waals surface area contributed by atoms with Gasteiger partial charge in [-0.2, -0.15) is 0 Å². The Balaban J connectivity index is 2.19. The zero-order valence-corrected chi connectivity index (χ0v) is 14.3. The molecule has 124 valence electrons. The van der Waals surface area contributed by atoms with Crippen molar-refractivity contribution >= 4 is 21.7 Å². The van der Waals surface area contributed by atoms with Gasteiger partial charge in [0.05, 0.1) is 0 Å². The van der Waals surface area contributed by atoms with Gasteiger partial charge in [0.15, 0.2) is 0 Å². The fraction of sp³-hybridized carbons (Fsp3) is 0.167. The molecule has 0 aliphatic carbocycles. The fourth-order valence-corrected chi connectivity index (χ4v) is 3.12. The van der Waals surface area contributed by atoms with Crippen molar-refractivity contribution in [3.8, 4) is 11.1 Å². The summed E-state index contributed by atoms with van der Waals surface area (Å²) in [5.74, 6) is 0. The van der Waals surface area contributed by atoms with Crippen LogP contribution in [0.25, 0.3) is 21.9 Å². The number of pyridine rings is 1. The molecule has 24 heavy (non-hydrogen) atoms. The topological polar surface area (TPSA) is 68.2 Å². The lowest BCUT2D eigenvalue weighted by Crippen LogP contribution is -2.16. The van der Waals surface area contributed by atoms with Crippen molar-refractivity contribution in [3.63, 3.8) is 0 Å². The Kier molecular flexibility index (Phi) is 4.51. The summed E-state index contributed by atoms with van der Waals surface area (Å²) < 4.78 is 25.6. The van der Waals surface area contributed by atoms with Crippen LogP contribution in [0.15, 0.2) is 53.5 Å². The average Bonchev–Trinajstić information content (AvgIpc) is 2.57. The van der Waals surface area contributed by atoms with E-state index in [4.69, 9.17) is 0 Å². The number of thiol groups is 1. The lowest BCUT2D eigenvalue weighted by Gasteiger charge is -2.12. The average molecular weight is 342 g/mol. The first-order valence-corrected chi connectivity index (χ1v) is 8.71. The van der Waals surface area contributed by atoms with E-state index in [1.54, 1.807) is 11.6 Å². The van der Waals surface area contributed by atoms with Gasteiger partial charge in [0.1, 0.15) is 0 Å². The molecular weight excluding hydrogens is 324 g/mol. The van der Waals surface area contributed by atoms with Gasteiger partial charge >= 0.3 is 0 Å². The van der Waals surface area contributed by atoms with Crippen molar-refractivity contribution in [1.29, 1.82) is 0 Å². The Labute approximate surface area is 141 Å². The van der Waals surface area contributed by atoms with Gasteiger partial charge in [-0.1, -0.05) is 30.3 Å². The van der Waals surface area contributed by atoms with Crippen LogP contribution in [0, 0.1) is 6.92 Å². The van der Waals surface area contributed by atoms with E-state index in [1.165, 1.54) is 0 Å². The molecule has 1 N–H and O–H groups in total. The third kappa shape index (κ3) is 3.11. The van der Waals surface area contributed by atoms with Crippen molar-refractivity contribution in [2.45, 2.75) is 13.5 Å². The molecule has 0 fully saturated rings. The molecule has 0 amide bonds. The lowest BCUT2D eigenvalue weighted by molar-refractivity contribution is 0.601. The van der Waals surface area contributed by atoms with Crippen molar-refractivity contribution in [3.05, 3.63) is 70.1 Å². The normalized spacial score (nSPS) is 11.3. The molecule has 2 aromatic carbocycles. The highest BCUT2D eigenvalue weighted by Crippen LogP contribution is 2.28. The highest BCUT2D eigenvalue weighted by Gasteiger charge is 2.10. The molecule has 0 radical (unpaired) electrons. The number of hydrogen-bond donors (Lipinski definition) is 2. The van der Waals surface area contributed by atoms with Crippen LogP contribution in [0.1, 0.15) is 11.1 Å². The predicted octanol–water partition coefficient (Wildman–Crippen LogP) is 2.13. The molecular formula is C18H18N2O3S. The number of aromatic nitrogens is 1. The van der Waals surface area contributed by atoms with E-state index in [0.717, 1.165) is 27.6 Å². The minimum Gasteiger partial charge on any atom is -0.317 e. The number of nitrogens with one attached hydrogen (secondary N) is 1. The molecule has 0 aliphatic rings. The van der Waals surface area contributed by atoms with Gasteiger partial charge in [0.25, 0.3) is 5.56 Å². The summed E-state index contributed by atoms with van der Waals surface area (Å²) in [5, 5.41) is 1.55. The number of aryl methyl sites for hydroxylation is 2. The number of rotatable bonds is 4. The van der Waals surface area contributed by atoms with Crippen LogP contribution in [0.2, 0.25) is 0 Å². The Morgan fingerprint density at radius 3 is 2.50 bits per heavy atom. The molecule has 0 saturated carbocycles. The number of benzene rings is 2. The van der Waals surface area contributed by atoms with E-state index in [0.29, 0.717) is 5.39 Å². The third-order valence-electron chi connectivity index (χ3n) is 4.15.